The van der Waals surface area contributed by atoms with E-state index in [1.165, 1.54) is 0 Å². The molecule has 0 saturated carbocycles. The number of thiazole rings is 1. The predicted molar refractivity (Wildman–Crippen MR) is 85.3 cm³/mol. The molecule has 0 atom stereocenters. The first-order valence-electron chi connectivity index (χ1n) is 6.00. The van der Waals surface area contributed by atoms with Crippen LogP contribution in [0.1, 0.15) is 4.88 Å². The van der Waals surface area contributed by atoms with Gasteiger partial charge in [0.15, 0.2) is 5.13 Å². The summed E-state index contributed by atoms with van der Waals surface area (Å²) in [6, 6.07) is 9.92. The van der Waals surface area contributed by atoms with E-state index in [2.05, 4.69) is 55.3 Å². The van der Waals surface area contributed by atoms with Crippen LogP contribution in [-0.2, 0) is 0 Å². The quantitative estimate of drug-likeness (QED) is 0.762. The molecule has 100 valence electrons. The first-order valence-corrected chi connectivity index (χ1v) is 7.61. The third-order valence-electron chi connectivity index (χ3n) is 2.70. The van der Waals surface area contributed by atoms with Crippen molar-refractivity contribution in [3.05, 3.63) is 52.1 Å². The monoisotopic (exact) mass is 346 g/mol. The van der Waals surface area contributed by atoms with E-state index in [0.29, 0.717) is 5.95 Å². The van der Waals surface area contributed by atoms with E-state index in [-0.39, 0.29) is 0 Å². The summed E-state index contributed by atoms with van der Waals surface area (Å²) in [7, 11) is 0. The number of aryl methyl sites for hydroxylation is 1. The number of hydrogen-bond donors (Lipinski definition) is 1. The summed E-state index contributed by atoms with van der Waals surface area (Å²) < 4.78 is 1.06. The Bertz CT molecular complexity index is 710. The zero-order valence-corrected chi connectivity index (χ0v) is 13.1. The first-order chi connectivity index (χ1) is 9.72. The Kier molecular flexibility index (Phi) is 3.75. The fourth-order valence-corrected chi connectivity index (χ4v) is 2.88. The van der Waals surface area contributed by atoms with E-state index in [9.17, 15) is 0 Å². The lowest BCUT2D eigenvalue weighted by Gasteiger charge is -1.99. The lowest BCUT2D eigenvalue weighted by Crippen LogP contribution is -1.94. The van der Waals surface area contributed by atoms with Gasteiger partial charge in [-0.05, 0) is 25.1 Å². The second-order valence-electron chi connectivity index (χ2n) is 4.13. The highest BCUT2D eigenvalue weighted by atomic mass is 79.9. The molecule has 3 aromatic rings. The Morgan fingerprint density at radius 3 is 2.50 bits per heavy atom. The number of nitrogens with zero attached hydrogens (tertiary/aromatic N) is 3. The summed E-state index contributed by atoms with van der Waals surface area (Å²) in [4.78, 5) is 14.0. The van der Waals surface area contributed by atoms with Gasteiger partial charge in [-0.2, -0.15) is 0 Å². The minimum Gasteiger partial charge on any atom is -0.300 e. The molecule has 1 aromatic carbocycles. The lowest BCUT2D eigenvalue weighted by atomic mass is 10.1. The van der Waals surface area contributed by atoms with Gasteiger partial charge < -0.3 is 5.32 Å². The van der Waals surface area contributed by atoms with Gasteiger partial charge >= 0.3 is 0 Å². The van der Waals surface area contributed by atoms with Crippen LogP contribution in [0.25, 0.3) is 11.3 Å². The van der Waals surface area contributed by atoms with Crippen molar-refractivity contribution in [1.82, 2.24) is 15.0 Å². The minimum atomic E-state index is 0.559. The normalized spacial score (nSPS) is 10.5. The molecular weight excluding hydrogens is 336 g/mol. The molecule has 0 aliphatic rings. The number of rotatable bonds is 3. The van der Waals surface area contributed by atoms with Gasteiger partial charge in [-0.1, -0.05) is 28.1 Å². The Balaban J connectivity index is 1.89. The molecule has 2 heterocycles. The highest BCUT2D eigenvalue weighted by Gasteiger charge is 2.10. The minimum absolute atomic E-state index is 0.559. The Labute approximate surface area is 129 Å². The Morgan fingerprint density at radius 2 is 1.80 bits per heavy atom. The molecule has 20 heavy (non-hydrogen) atoms. The molecule has 1 N–H and O–H groups in total. The predicted octanol–water partition coefficient (Wildman–Crippen LogP) is 4.41. The summed E-state index contributed by atoms with van der Waals surface area (Å²) in [6.45, 7) is 2.06. The number of benzene rings is 1. The summed E-state index contributed by atoms with van der Waals surface area (Å²) in [5, 5.41) is 3.92. The third-order valence-corrected chi connectivity index (χ3v) is 4.11. The maximum atomic E-state index is 4.62. The van der Waals surface area contributed by atoms with E-state index in [4.69, 9.17) is 0 Å². The van der Waals surface area contributed by atoms with Crippen LogP contribution in [0.4, 0.5) is 11.1 Å². The van der Waals surface area contributed by atoms with Crippen LogP contribution in [0.15, 0.2) is 47.2 Å². The standard InChI is InChI=1S/C14H11BrN4S/c1-9-12(10-3-5-11(15)6-4-10)18-14(20-9)19-13-16-7-2-8-17-13/h2-8H,1H3,(H,16,17,18,19). The van der Waals surface area contributed by atoms with Crippen LogP contribution in [-0.4, -0.2) is 15.0 Å². The van der Waals surface area contributed by atoms with Crippen molar-refractivity contribution in [3.63, 3.8) is 0 Å². The number of halogens is 1. The summed E-state index contributed by atoms with van der Waals surface area (Å²) in [5.41, 5.74) is 2.09. The molecule has 0 saturated heterocycles. The molecule has 0 aliphatic carbocycles. The highest BCUT2D eigenvalue weighted by Crippen LogP contribution is 2.31. The first kappa shape index (κ1) is 13.2. The Hall–Kier alpha value is -1.79. The van der Waals surface area contributed by atoms with E-state index >= 15 is 0 Å². The topological polar surface area (TPSA) is 50.7 Å². The van der Waals surface area contributed by atoms with E-state index in [1.54, 1.807) is 29.8 Å². The maximum Gasteiger partial charge on any atom is 0.228 e. The molecule has 0 bridgehead atoms. The molecule has 0 fully saturated rings. The van der Waals surface area contributed by atoms with Gasteiger partial charge in [0.1, 0.15) is 0 Å². The molecule has 3 rings (SSSR count). The van der Waals surface area contributed by atoms with Crippen LogP contribution < -0.4 is 5.32 Å². The number of nitrogens with one attached hydrogen (secondary N) is 1. The van der Waals surface area contributed by atoms with E-state index in [1.807, 2.05) is 12.1 Å². The van der Waals surface area contributed by atoms with Crippen molar-refractivity contribution in [1.29, 1.82) is 0 Å². The second-order valence-corrected chi connectivity index (χ2v) is 6.25. The average molecular weight is 347 g/mol. The second kappa shape index (κ2) is 5.68. The fraction of sp³-hybridized carbons (Fsp3) is 0.0714. The van der Waals surface area contributed by atoms with Crippen LogP contribution in [0.2, 0.25) is 0 Å². The van der Waals surface area contributed by atoms with Crippen LogP contribution in [0.5, 0.6) is 0 Å². The molecular formula is C14H11BrN4S. The molecule has 4 nitrogen and oxygen atoms in total. The lowest BCUT2D eigenvalue weighted by molar-refractivity contribution is 1.16. The van der Waals surface area contributed by atoms with Crippen LogP contribution in [0, 0.1) is 6.92 Å². The highest BCUT2D eigenvalue weighted by molar-refractivity contribution is 9.10. The van der Waals surface area contributed by atoms with Gasteiger partial charge in [0.05, 0.1) is 5.69 Å². The van der Waals surface area contributed by atoms with Crippen molar-refractivity contribution in [2.45, 2.75) is 6.92 Å². The van der Waals surface area contributed by atoms with Gasteiger partial charge in [-0.25, -0.2) is 15.0 Å². The zero-order chi connectivity index (χ0) is 13.9. The Morgan fingerprint density at radius 1 is 1.10 bits per heavy atom. The van der Waals surface area contributed by atoms with Crippen LogP contribution >= 0.6 is 27.3 Å². The van der Waals surface area contributed by atoms with Crippen molar-refractivity contribution in [2.24, 2.45) is 0 Å². The third kappa shape index (κ3) is 2.86. The van der Waals surface area contributed by atoms with Gasteiger partial charge in [0.2, 0.25) is 5.95 Å². The molecule has 0 amide bonds. The summed E-state index contributed by atoms with van der Waals surface area (Å²) in [6.07, 6.45) is 3.40. The van der Waals surface area contributed by atoms with Gasteiger partial charge in [-0.15, -0.1) is 11.3 Å². The number of hydrogen-bond acceptors (Lipinski definition) is 5. The SMILES string of the molecule is Cc1sc(Nc2ncccn2)nc1-c1ccc(Br)cc1. The zero-order valence-electron chi connectivity index (χ0n) is 10.7. The summed E-state index contributed by atoms with van der Waals surface area (Å²) in [5.74, 6) is 0.559. The van der Waals surface area contributed by atoms with E-state index in [0.717, 1.165) is 25.7 Å². The molecule has 0 spiro atoms. The molecule has 0 aliphatic heterocycles. The molecule has 2 aromatic heterocycles. The summed E-state index contributed by atoms with van der Waals surface area (Å²) >= 11 is 5.03. The van der Waals surface area contributed by atoms with Gasteiger partial charge in [0, 0.05) is 27.3 Å². The average Bonchev–Trinajstić information content (AvgIpc) is 2.81. The van der Waals surface area contributed by atoms with Gasteiger partial charge in [0.25, 0.3) is 0 Å². The van der Waals surface area contributed by atoms with Crippen molar-refractivity contribution >= 4 is 38.3 Å². The molecule has 0 unspecified atom stereocenters. The van der Waals surface area contributed by atoms with E-state index < -0.39 is 0 Å². The number of aromatic nitrogens is 3. The molecule has 6 heteroatoms. The smallest absolute Gasteiger partial charge is 0.228 e. The largest absolute Gasteiger partial charge is 0.300 e. The van der Waals surface area contributed by atoms with Crippen LogP contribution in [0.3, 0.4) is 0 Å². The van der Waals surface area contributed by atoms with Crippen molar-refractivity contribution < 1.29 is 0 Å². The molecule has 0 radical (unpaired) electrons. The van der Waals surface area contributed by atoms with Crippen molar-refractivity contribution in [2.75, 3.05) is 5.32 Å². The van der Waals surface area contributed by atoms with Gasteiger partial charge in [-0.3, -0.25) is 0 Å². The maximum absolute atomic E-state index is 4.62. The number of anilines is 2. The van der Waals surface area contributed by atoms with Crippen molar-refractivity contribution in [3.8, 4) is 11.3 Å². The fourth-order valence-electron chi connectivity index (χ4n) is 1.78.